The molecule has 2 aliphatic rings. The summed E-state index contributed by atoms with van der Waals surface area (Å²) in [6.07, 6.45) is 4.06. The predicted octanol–water partition coefficient (Wildman–Crippen LogP) is 2.24. The molecule has 3 rings (SSSR count). The lowest BCUT2D eigenvalue weighted by Gasteiger charge is -2.42. The summed E-state index contributed by atoms with van der Waals surface area (Å²) in [6.45, 7) is 5.41. The average molecular weight is 350 g/mol. The number of piperidine rings is 1. The van der Waals surface area contributed by atoms with Crippen molar-refractivity contribution in [3.05, 3.63) is 15.9 Å². The molecule has 2 fully saturated rings. The topological polar surface area (TPSA) is 33.1 Å². The zero-order valence-electron chi connectivity index (χ0n) is 11.5. The van der Waals surface area contributed by atoms with E-state index in [9.17, 15) is 0 Å². The molecule has 3 heterocycles. The van der Waals surface area contributed by atoms with Crippen LogP contribution >= 0.6 is 28.3 Å². The Morgan fingerprint density at radius 3 is 2.47 bits per heavy atom. The summed E-state index contributed by atoms with van der Waals surface area (Å²) < 4.78 is 3.19. The van der Waals surface area contributed by atoms with Gasteiger partial charge in [0.05, 0.1) is 15.9 Å². The normalized spacial score (nSPS) is 27.1. The number of halogens is 2. The van der Waals surface area contributed by atoms with E-state index >= 15 is 0 Å². The first-order valence-electron chi connectivity index (χ1n) is 6.80. The number of rotatable bonds is 2. The Kier molecular flexibility index (Phi) is 4.93. The van der Waals surface area contributed by atoms with E-state index < -0.39 is 0 Å². The molecule has 1 N–H and O–H groups in total. The Bertz CT molecular complexity index is 436. The molecule has 0 aliphatic carbocycles. The molecular formula is C13H22BrClN4. The molecule has 1 aromatic rings. The smallest absolute Gasteiger partial charge is 0.0739 e. The summed E-state index contributed by atoms with van der Waals surface area (Å²) in [7, 11) is 2.04. The van der Waals surface area contributed by atoms with Crippen molar-refractivity contribution < 1.29 is 0 Å². The second-order valence-electron chi connectivity index (χ2n) is 5.66. The number of fused-ring (bicyclic) bond motifs is 2. The van der Waals surface area contributed by atoms with Gasteiger partial charge in [0.2, 0.25) is 0 Å². The predicted molar refractivity (Wildman–Crippen MR) is 82.7 cm³/mol. The maximum atomic E-state index is 4.48. The van der Waals surface area contributed by atoms with E-state index in [4.69, 9.17) is 0 Å². The number of hydrogen-bond donors (Lipinski definition) is 1. The van der Waals surface area contributed by atoms with Crippen molar-refractivity contribution in [2.45, 2.75) is 44.8 Å². The average Bonchev–Trinajstić information content (AvgIpc) is 2.56. The Hall–Kier alpha value is -0.100. The van der Waals surface area contributed by atoms with Crippen molar-refractivity contribution in [3.8, 4) is 0 Å². The van der Waals surface area contributed by atoms with Gasteiger partial charge < -0.3 is 5.32 Å². The van der Waals surface area contributed by atoms with Crippen molar-refractivity contribution in [1.29, 1.82) is 0 Å². The van der Waals surface area contributed by atoms with Crippen LogP contribution < -0.4 is 5.32 Å². The standard InChI is InChI=1S/C13H21BrN4.ClH/c1-9-13(14)12(17(2)16-9)8-18-6-10-4-3-5-11(7-18)15-10;/h10-11,15H,3-8H2,1-2H3;1H. The van der Waals surface area contributed by atoms with Crippen LogP contribution in [0.1, 0.15) is 30.7 Å². The number of piperazine rings is 1. The number of nitrogens with zero attached hydrogens (tertiary/aromatic N) is 3. The summed E-state index contributed by atoms with van der Waals surface area (Å²) in [4.78, 5) is 2.58. The van der Waals surface area contributed by atoms with Crippen LogP contribution in [0.2, 0.25) is 0 Å². The lowest BCUT2D eigenvalue weighted by molar-refractivity contribution is 0.117. The van der Waals surface area contributed by atoms with Crippen molar-refractivity contribution >= 4 is 28.3 Å². The van der Waals surface area contributed by atoms with E-state index in [0.717, 1.165) is 12.2 Å². The van der Waals surface area contributed by atoms with Crippen LogP contribution in [0.15, 0.2) is 4.47 Å². The molecule has 1 aromatic heterocycles. The van der Waals surface area contributed by atoms with Crippen LogP contribution in [0.25, 0.3) is 0 Å². The Labute approximate surface area is 129 Å². The lowest BCUT2D eigenvalue weighted by atomic mass is 9.94. The van der Waals surface area contributed by atoms with Crippen molar-refractivity contribution in [2.24, 2.45) is 7.05 Å². The third-order valence-corrected chi connectivity index (χ3v) is 5.20. The summed E-state index contributed by atoms with van der Waals surface area (Å²) >= 11 is 3.66. The molecule has 0 spiro atoms. The summed E-state index contributed by atoms with van der Waals surface area (Å²) in [5.41, 5.74) is 2.38. The number of aromatic nitrogens is 2. The molecule has 0 aromatic carbocycles. The third kappa shape index (κ3) is 3.15. The fraction of sp³-hybridized carbons (Fsp3) is 0.769. The van der Waals surface area contributed by atoms with Gasteiger partial charge in [0.1, 0.15) is 0 Å². The second kappa shape index (κ2) is 6.12. The third-order valence-electron chi connectivity index (χ3n) is 4.17. The van der Waals surface area contributed by atoms with Gasteiger partial charge in [-0.1, -0.05) is 6.42 Å². The van der Waals surface area contributed by atoms with E-state index in [-0.39, 0.29) is 12.4 Å². The molecule has 19 heavy (non-hydrogen) atoms. The highest BCUT2D eigenvalue weighted by molar-refractivity contribution is 9.10. The van der Waals surface area contributed by atoms with E-state index in [2.05, 4.69) is 38.2 Å². The van der Waals surface area contributed by atoms with Gasteiger partial charge in [-0.2, -0.15) is 5.10 Å². The molecule has 0 amide bonds. The first-order chi connectivity index (χ1) is 8.63. The van der Waals surface area contributed by atoms with Gasteiger partial charge in [-0.05, 0) is 35.7 Å². The van der Waals surface area contributed by atoms with Crippen molar-refractivity contribution in [1.82, 2.24) is 20.0 Å². The molecule has 4 nitrogen and oxygen atoms in total. The molecule has 108 valence electrons. The summed E-state index contributed by atoms with van der Waals surface area (Å²) in [5, 5.41) is 8.20. The molecule has 2 saturated heterocycles. The number of likely N-dealkylation sites (tertiary alicyclic amines) is 1. The lowest BCUT2D eigenvalue weighted by Crippen LogP contribution is -2.58. The zero-order valence-corrected chi connectivity index (χ0v) is 13.9. The Morgan fingerprint density at radius 2 is 1.95 bits per heavy atom. The fourth-order valence-corrected chi connectivity index (χ4v) is 3.75. The maximum absolute atomic E-state index is 4.48. The van der Waals surface area contributed by atoms with Crippen molar-refractivity contribution in [3.63, 3.8) is 0 Å². The Balaban J connectivity index is 0.00000133. The maximum Gasteiger partial charge on any atom is 0.0739 e. The molecule has 6 heteroatoms. The van der Waals surface area contributed by atoms with E-state index in [1.165, 1.54) is 42.5 Å². The van der Waals surface area contributed by atoms with Crippen molar-refractivity contribution in [2.75, 3.05) is 13.1 Å². The largest absolute Gasteiger partial charge is 0.309 e. The quantitative estimate of drug-likeness (QED) is 0.889. The highest BCUT2D eigenvalue weighted by atomic mass is 79.9. The van der Waals surface area contributed by atoms with Gasteiger partial charge in [0.15, 0.2) is 0 Å². The number of hydrogen-bond acceptors (Lipinski definition) is 3. The van der Waals surface area contributed by atoms with Crippen LogP contribution in [-0.4, -0.2) is 39.9 Å². The molecular weight excluding hydrogens is 328 g/mol. The minimum Gasteiger partial charge on any atom is -0.309 e. The highest BCUT2D eigenvalue weighted by Gasteiger charge is 2.30. The van der Waals surface area contributed by atoms with Gasteiger partial charge in [-0.15, -0.1) is 12.4 Å². The monoisotopic (exact) mass is 348 g/mol. The molecule has 2 bridgehead atoms. The second-order valence-corrected chi connectivity index (χ2v) is 6.45. The van der Waals surface area contributed by atoms with Gasteiger partial charge in [-0.3, -0.25) is 9.58 Å². The molecule has 0 radical (unpaired) electrons. The highest BCUT2D eigenvalue weighted by Crippen LogP contribution is 2.25. The van der Waals surface area contributed by atoms with Crippen LogP contribution in [0, 0.1) is 6.92 Å². The van der Waals surface area contributed by atoms with E-state index in [0.29, 0.717) is 12.1 Å². The van der Waals surface area contributed by atoms with E-state index in [1.54, 1.807) is 0 Å². The SMILES string of the molecule is Cc1nn(C)c(CN2CC3CCCC(C2)N3)c1Br.Cl. The first-order valence-corrected chi connectivity index (χ1v) is 7.59. The van der Waals surface area contributed by atoms with Gasteiger partial charge in [-0.25, -0.2) is 0 Å². The van der Waals surface area contributed by atoms with E-state index in [1.807, 2.05) is 11.7 Å². The van der Waals surface area contributed by atoms with Gasteiger partial charge in [0, 0.05) is 38.8 Å². The van der Waals surface area contributed by atoms with Gasteiger partial charge >= 0.3 is 0 Å². The number of nitrogens with one attached hydrogen (secondary N) is 1. The molecule has 2 atom stereocenters. The first kappa shape index (κ1) is 15.3. The molecule has 2 aliphatic heterocycles. The summed E-state index contributed by atoms with van der Waals surface area (Å²) in [6, 6.07) is 1.40. The van der Waals surface area contributed by atoms with Crippen LogP contribution in [0.5, 0.6) is 0 Å². The minimum absolute atomic E-state index is 0. The summed E-state index contributed by atoms with van der Waals surface area (Å²) in [5.74, 6) is 0. The molecule has 0 saturated carbocycles. The van der Waals surface area contributed by atoms with Crippen LogP contribution in [0.3, 0.4) is 0 Å². The Morgan fingerprint density at radius 1 is 1.32 bits per heavy atom. The zero-order chi connectivity index (χ0) is 12.7. The number of aryl methyl sites for hydroxylation is 2. The fourth-order valence-electron chi connectivity index (χ4n) is 3.29. The van der Waals surface area contributed by atoms with Gasteiger partial charge in [0.25, 0.3) is 0 Å². The van der Waals surface area contributed by atoms with Crippen LogP contribution in [-0.2, 0) is 13.6 Å². The van der Waals surface area contributed by atoms with Crippen LogP contribution in [0.4, 0.5) is 0 Å². The minimum atomic E-state index is 0. The molecule has 2 unspecified atom stereocenters.